The van der Waals surface area contributed by atoms with Gasteiger partial charge < -0.3 is 10.6 Å². The maximum Gasteiger partial charge on any atom is 0.286 e. The van der Waals surface area contributed by atoms with Crippen LogP contribution in [-0.4, -0.2) is 50.3 Å². The molecule has 1 saturated heterocycles. The summed E-state index contributed by atoms with van der Waals surface area (Å²) in [6.07, 6.45) is 0.497. The highest BCUT2D eigenvalue weighted by molar-refractivity contribution is 7.91. The molecule has 0 aromatic carbocycles. The quantitative estimate of drug-likeness (QED) is 0.631. The molecule has 2 N–H and O–H groups in total. The lowest BCUT2D eigenvalue weighted by Crippen LogP contribution is -2.45. The second kappa shape index (κ2) is 4.04. The second-order valence-corrected chi connectivity index (χ2v) is 6.54. The van der Waals surface area contributed by atoms with Crippen LogP contribution >= 0.6 is 0 Å². The van der Waals surface area contributed by atoms with E-state index in [9.17, 15) is 13.2 Å². The van der Waals surface area contributed by atoms with Crippen LogP contribution in [0.3, 0.4) is 0 Å². The summed E-state index contributed by atoms with van der Waals surface area (Å²) in [5.41, 5.74) is 0. The Morgan fingerprint density at radius 2 is 2.31 bits per heavy atom. The van der Waals surface area contributed by atoms with E-state index in [2.05, 4.69) is 15.6 Å². The number of hydrogen-bond donors (Lipinski definition) is 2. The molecule has 2 unspecified atom stereocenters. The van der Waals surface area contributed by atoms with Gasteiger partial charge in [0.15, 0.2) is 15.7 Å². The Morgan fingerprint density at radius 3 is 2.81 bits per heavy atom. The van der Waals surface area contributed by atoms with E-state index in [1.165, 1.54) is 0 Å². The minimum Gasteiger partial charge on any atom is -0.361 e. The van der Waals surface area contributed by atoms with Gasteiger partial charge in [-0.3, -0.25) is 9.79 Å². The first-order chi connectivity index (χ1) is 7.46. The van der Waals surface area contributed by atoms with Gasteiger partial charge in [0, 0.05) is 12.1 Å². The van der Waals surface area contributed by atoms with Crippen LogP contribution < -0.4 is 10.6 Å². The zero-order chi connectivity index (χ0) is 11.8. The standard InChI is InChI=1S/C9H15N3O3S/c1-6-4-10-8(11-6)9(13)12-7-2-3-16(14,15)5-7/h6-7H,2-5H2,1H3,(H,10,11)(H,12,13). The van der Waals surface area contributed by atoms with Gasteiger partial charge in [0.25, 0.3) is 5.91 Å². The van der Waals surface area contributed by atoms with Crippen molar-refractivity contribution in [3.63, 3.8) is 0 Å². The molecule has 6 nitrogen and oxygen atoms in total. The Bertz CT molecular complexity index is 429. The molecule has 2 aliphatic heterocycles. The number of rotatable bonds is 2. The van der Waals surface area contributed by atoms with E-state index in [0.717, 1.165) is 0 Å². The fourth-order valence-corrected chi connectivity index (χ4v) is 3.53. The number of carbonyl (C=O) groups excluding carboxylic acids is 1. The molecule has 16 heavy (non-hydrogen) atoms. The molecule has 2 rings (SSSR count). The van der Waals surface area contributed by atoms with Gasteiger partial charge in [0.2, 0.25) is 0 Å². The topological polar surface area (TPSA) is 87.6 Å². The monoisotopic (exact) mass is 245 g/mol. The molecule has 0 spiro atoms. The van der Waals surface area contributed by atoms with E-state index in [-0.39, 0.29) is 29.5 Å². The summed E-state index contributed by atoms with van der Waals surface area (Å²) in [6.45, 7) is 2.52. The molecule has 0 aromatic rings. The summed E-state index contributed by atoms with van der Waals surface area (Å²) in [4.78, 5) is 15.7. The molecule has 2 atom stereocenters. The van der Waals surface area contributed by atoms with Crippen LogP contribution in [0.25, 0.3) is 0 Å². The Hall–Kier alpha value is -1.11. The van der Waals surface area contributed by atoms with Gasteiger partial charge in [0.05, 0.1) is 18.1 Å². The summed E-state index contributed by atoms with van der Waals surface area (Å²) >= 11 is 0. The van der Waals surface area contributed by atoms with Crippen molar-refractivity contribution in [1.82, 2.24) is 10.6 Å². The van der Waals surface area contributed by atoms with E-state index >= 15 is 0 Å². The number of aliphatic imine (C=N–C) groups is 1. The Kier molecular flexibility index (Phi) is 2.88. The van der Waals surface area contributed by atoms with Gasteiger partial charge in [-0.15, -0.1) is 0 Å². The minimum absolute atomic E-state index is 0.0432. The molecule has 0 radical (unpaired) electrons. The summed E-state index contributed by atoms with van der Waals surface area (Å²) in [5, 5.41) is 5.62. The number of carbonyl (C=O) groups is 1. The van der Waals surface area contributed by atoms with Crippen LogP contribution in [0.2, 0.25) is 0 Å². The zero-order valence-corrected chi connectivity index (χ0v) is 9.88. The highest BCUT2D eigenvalue weighted by atomic mass is 32.2. The van der Waals surface area contributed by atoms with Crippen LogP contribution in [0.4, 0.5) is 0 Å². The maximum atomic E-state index is 11.7. The molecule has 0 aliphatic carbocycles. The van der Waals surface area contributed by atoms with Crippen LogP contribution in [0, 0.1) is 0 Å². The third-order valence-electron chi connectivity index (χ3n) is 2.69. The van der Waals surface area contributed by atoms with Crippen LogP contribution in [0.1, 0.15) is 13.3 Å². The van der Waals surface area contributed by atoms with E-state index in [0.29, 0.717) is 18.8 Å². The van der Waals surface area contributed by atoms with E-state index < -0.39 is 9.84 Å². The fourth-order valence-electron chi connectivity index (χ4n) is 1.85. The van der Waals surface area contributed by atoms with E-state index in [1.807, 2.05) is 6.92 Å². The SMILES string of the molecule is CC1CN=C(C(=O)NC2CCS(=O)(=O)C2)N1. The van der Waals surface area contributed by atoms with Crippen molar-refractivity contribution in [3.05, 3.63) is 0 Å². The molecule has 90 valence electrons. The van der Waals surface area contributed by atoms with Crippen LogP contribution in [0.5, 0.6) is 0 Å². The number of nitrogens with one attached hydrogen (secondary N) is 2. The molecule has 1 amide bonds. The molecule has 0 bridgehead atoms. The fraction of sp³-hybridized carbons (Fsp3) is 0.778. The summed E-state index contributed by atoms with van der Waals surface area (Å²) in [6, 6.07) is -0.0917. The normalized spacial score (nSPS) is 31.9. The van der Waals surface area contributed by atoms with Gasteiger partial charge in [-0.1, -0.05) is 0 Å². The van der Waals surface area contributed by atoms with Crippen molar-refractivity contribution < 1.29 is 13.2 Å². The van der Waals surface area contributed by atoms with Crippen molar-refractivity contribution in [2.45, 2.75) is 25.4 Å². The molecule has 0 saturated carbocycles. The van der Waals surface area contributed by atoms with Crippen LogP contribution in [0.15, 0.2) is 4.99 Å². The van der Waals surface area contributed by atoms with E-state index in [1.54, 1.807) is 0 Å². The average Bonchev–Trinajstić information content (AvgIpc) is 2.73. The van der Waals surface area contributed by atoms with Gasteiger partial charge in [-0.2, -0.15) is 0 Å². The molecule has 7 heteroatoms. The Labute approximate surface area is 94.4 Å². The van der Waals surface area contributed by atoms with Crippen molar-refractivity contribution in [3.8, 4) is 0 Å². The minimum atomic E-state index is -2.95. The summed E-state index contributed by atoms with van der Waals surface area (Å²) < 4.78 is 22.4. The van der Waals surface area contributed by atoms with Gasteiger partial charge in [-0.05, 0) is 13.3 Å². The maximum absolute atomic E-state index is 11.7. The first kappa shape index (κ1) is 11.4. The predicted octanol–water partition coefficient (Wildman–Crippen LogP) is -1.32. The number of amidine groups is 1. The molecular formula is C9H15N3O3S. The predicted molar refractivity (Wildman–Crippen MR) is 60.1 cm³/mol. The highest BCUT2D eigenvalue weighted by Crippen LogP contribution is 2.11. The lowest BCUT2D eigenvalue weighted by Gasteiger charge is -2.11. The first-order valence-corrected chi connectivity index (χ1v) is 7.11. The van der Waals surface area contributed by atoms with Crippen molar-refractivity contribution in [1.29, 1.82) is 0 Å². The molecular weight excluding hydrogens is 230 g/mol. The lowest BCUT2D eigenvalue weighted by molar-refractivity contribution is -0.115. The molecule has 2 heterocycles. The Balaban J connectivity index is 1.89. The average molecular weight is 245 g/mol. The number of hydrogen-bond acceptors (Lipinski definition) is 5. The summed E-state index contributed by atoms with van der Waals surface area (Å²) in [7, 11) is -2.95. The van der Waals surface area contributed by atoms with Crippen molar-refractivity contribution >= 4 is 21.6 Å². The lowest BCUT2D eigenvalue weighted by atomic mass is 10.2. The van der Waals surface area contributed by atoms with Crippen LogP contribution in [-0.2, 0) is 14.6 Å². The largest absolute Gasteiger partial charge is 0.361 e. The van der Waals surface area contributed by atoms with Gasteiger partial charge in [-0.25, -0.2) is 8.42 Å². The van der Waals surface area contributed by atoms with E-state index in [4.69, 9.17) is 0 Å². The highest BCUT2D eigenvalue weighted by Gasteiger charge is 2.30. The first-order valence-electron chi connectivity index (χ1n) is 5.28. The second-order valence-electron chi connectivity index (χ2n) is 4.31. The van der Waals surface area contributed by atoms with Crippen molar-refractivity contribution in [2.24, 2.45) is 4.99 Å². The van der Waals surface area contributed by atoms with Crippen molar-refractivity contribution in [2.75, 3.05) is 18.1 Å². The number of amides is 1. The third kappa shape index (κ3) is 2.52. The van der Waals surface area contributed by atoms with Gasteiger partial charge >= 0.3 is 0 Å². The molecule has 0 aromatic heterocycles. The molecule has 2 aliphatic rings. The summed E-state index contributed by atoms with van der Waals surface area (Å²) in [5.74, 6) is 0.221. The smallest absolute Gasteiger partial charge is 0.286 e. The Morgan fingerprint density at radius 1 is 1.56 bits per heavy atom. The number of sulfone groups is 1. The molecule has 1 fully saturated rings. The number of nitrogens with zero attached hydrogens (tertiary/aromatic N) is 1. The third-order valence-corrected chi connectivity index (χ3v) is 4.46. The zero-order valence-electron chi connectivity index (χ0n) is 9.06. The van der Waals surface area contributed by atoms with Gasteiger partial charge in [0.1, 0.15) is 0 Å².